The molecule has 12 heteroatoms. The third-order valence-electron chi connectivity index (χ3n) is 5.25. The number of methoxy groups -OCH3 is 1. The summed E-state index contributed by atoms with van der Waals surface area (Å²) in [6, 6.07) is 11.8. The molecule has 0 saturated carbocycles. The van der Waals surface area contributed by atoms with Gasteiger partial charge >= 0.3 is 0 Å². The molecule has 0 radical (unpaired) electrons. The van der Waals surface area contributed by atoms with Crippen LogP contribution in [-0.4, -0.2) is 18.1 Å². The maximum Gasteiger partial charge on any atom is 0.211 e. The fraction of sp³-hybridized carbons (Fsp3) is 0.130. The van der Waals surface area contributed by atoms with E-state index in [1.807, 2.05) is 24.3 Å². The second-order valence-electron chi connectivity index (χ2n) is 7.32. The van der Waals surface area contributed by atoms with Crippen LogP contribution in [0.25, 0.3) is 0 Å². The van der Waals surface area contributed by atoms with Crippen LogP contribution in [0.4, 0.5) is 17.3 Å². The molecule has 35 heavy (non-hydrogen) atoms. The molecule has 0 spiro atoms. The summed E-state index contributed by atoms with van der Waals surface area (Å²) in [6.07, 6.45) is 1.80. The summed E-state index contributed by atoms with van der Waals surface area (Å²) < 4.78 is 11.5. The van der Waals surface area contributed by atoms with Gasteiger partial charge in [-0.25, -0.2) is 9.98 Å². The van der Waals surface area contributed by atoms with Gasteiger partial charge in [0.2, 0.25) is 5.96 Å². The standard InChI is InChI=1S/C23H18Cl2N8O2/c1-34-16-7-12(6-15(25)20(16)35-9-11-4-2-3-5-14(11)24)19-17-18(28)13(8-26)21(29)32-22(17)33-23(31-19)30-10-27/h2-7,19H,9H2,1H3,(H6,28,29,30,31,32,33). The number of ether oxygens (including phenoxy) is 2. The van der Waals surface area contributed by atoms with E-state index in [-0.39, 0.29) is 40.5 Å². The third kappa shape index (κ3) is 4.53. The highest BCUT2D eigenvalue weighted by Gasteiger charge is 2.31. The Morgan fingerprint density at radius 2 is 1.94 bits per heavy atom. The molecule has 1 aliphatic rings. The smallest absolute Gasteiger partial charge is 0.211 e. The Morgan fingerprint density at radius 1 is 1.17 bits per heavy atom. The highest BCUT2D eigenvalue weighted by molar-refractivity contribution is 6.32. The number of nitrogen functional groups attached to an aromatic ring is 2. The molecule has 2 heterocycles. The van der Waals surface area contributed by atoms with E-state index in [1.165, 1.54) is 7.11 Å². The zero-order valence-corrected chi connectivity index (χ0v) is 19.8. The summed E-state index contributed by atoms with van der Waals surface area (Å²) in [6.45, 7) is 0.168. The van der Waals surface area contributed by atoms with E-state index in [1.54, 1.807) is 24.4 Å². The minimum Gasteiger partial charge on any atom is -0.493 e. The molecule has 0 saturated heterocycles. The van der Waals surface area contributed by atoms with E-state index in [9.17, 15) is 5.26 Å². The number of guanidine groups is 1. The number of nitrogens with one attached hydrogen (secondary N) is 2. The highest BCUT2D eigenvalue weighted by Crippen LogP contribution is 2.45. The number of pyridine rings is 1. The number of halogens is 2. The van der Waals surface area contributed by atoms with Gasteiger partial charge in [0.25, 0.3) is 0 Å². The Kier molecular flexibility index (Phi) is 6.69. The molecular formula is C23H18Cl2N8O2. The predicted octanol–water partition coefficient (Wildman–Crippen LogP) is 3.95. The first kappa shape index (κ1) is 23.8. The lowest BCUT2D eigenvalue weighted by atomic mass is 9.95. The molecule has 1 aromatic heterocycles. The number of nitrogens with two attached hydrogens (primary N) is 2. The quantitative estimate of drug-likeness (QED) is 0.294. The lowest BCUT2D eigenvalue weighted by Gasteiger charge is -2.27. The molecule has 0 amide bonds. The van der Waals surface area contributed by atoms with Crippen molar-refractivity contribution < 1.29 is 9.47 Å². The van der Waals surface area contributed by atoms with Crippen LogP contribution >= 0.6 is 23.2 Å². The molecule has 6 N–H and O–H groups in total. The molecule has 4 rings (SSSR count). The van der Waals surface area contributed by atoms with Crippen LogP contribution in [0, 0.1) is 22.8 Å². The fourth-order valence-electron chi connectivity index (χ4n) is 3.63. The van der Waals surface area contributed by atoms with Gasteiger partial charge in [0.05, 0.1) is 17.8 Å². The van der Waals surface area contributed by atoms with Gasteiger partial charge in [0, 0.05) is 16.1 Å². The van der Waals surface area contributed by atoms with Gasteiger partial charge in [0.15, 0.2) is 17.7 Å². The fourth-order valence-corrected chi connectivity index (χ4v) is 4.09. The summed E-state index contributed by atoms with van der Waals surface area (Å²) in [5, 5.41) is 24.7. The number of hydrogen-bond donors (Lipinski definition) is 4. The number of anilines is 3. The van der Waals surface area contributed by atoms with Gasteiger partial charge in [-0.3, -0.25) is 5.32 Å². The van der Waals surface area contributed by atoms with Gasteiger partial charge in [-0.15, -0.1) is 0 Å². The Labute approximate surface area is 210 Å². The first-order chi connectivity index (χ1) is 16.9. The van der Waals surface area contributed by atoms with Crippen molar-refractivity contribution in [3.8, 4) is 23.8 Å². The van der Waals surface area contributed by atoms with Crippen molar-refractivity contribution in [1.82, 2.24) is 10.3 Å². The molecule has 1 unspecified atom stereocenters. The first-order valence-electron chi connectivity index (χ1n) is 10.1. The Balaban J connectivity index is 1.79. The van der Waals surface area contributed by atoms with Gasteiger partial charge in [0.1, 0.15) is 35.9 Å². The maximum atomic E-state index is 9.50. The van der Waals surface area contributed by atoms with Crippen molar-refractivity contribution in [2.45, 2.75) is 12.6 Å². The van der Waals surface area contributed by atoms with Gasteiger partial charge in [-0.05, 0) is 23.8 Å². The van der Waals surface area contributed by atoms with Gasteiger partial charge < -0.3 is 26.3 Å². The van der Waals surface area contributed by atoms with Crippen LogP contribution in [0.2, 0.25) is 10.0 Å². The van der Waals surface area contributed by atoms with Crippen molar-refractivity contribution in [2.75, 3.05) is 23.9 Å². The second-order valence-corrected chi connectivity index (χ2v) is 8.13. The minimum absolute atomic E-state index is 0.0280. The molecule has 2 aromatic carbocycles. The van der Waals surface area contributed by atoms with Crippen LogP contribution in [0.5, 0.6) is 11.5 Å². The van der Waals surface area contributed by atoms with E-state index < -0.39 is 6.04 Å². The van der Waals surface area contributed by atoms with Crippen LogP contribution in [0.1, 0.15) is 28.3 Å². The molecule has 176 valence electrons. The molecule has 1 aliphatic heterocycles. The largest absolute Gasteiger partial charge is 0.493 e. The first-order valence-corrected chi connectivity index (χ1v) is 10.9. The highest BCUT2D eigenvalue weighted by atomic mass is 35.5. The average Bonchev–Trinajstić information content (AvgIpc) is 2.83. The summed E-state index contributed by atoms with van der Waals surface area (Å²) in [7, 11) is 1.48. The van der Waals surface area contributed by atoms with Crippen LogP contribution in [0.15, 0.2) is 41.4 Å². The zero-order chi connectivity index (χ0) is 25.1. The summed E-state index contributed by atoms with van der Waals surface area (Å²) in [5.74, 6) is 0.979. The monoisotopic (exact) mass is 508 g/mol. The number of hydrogen-bond acceptors (Lipinski definition) is 10. The molecule has 0 fully saturated rings. The van der Waals surface area contributed by atoms with Crippen LogP contribution < -0.4 is 31.6 Å². The third-order valence-corrected chi connectivity index (χ3v) is 5.90. The molecular weight excluding hydrogens is 491 g/mol. The summed E-state index contributed by atoms with van der Waals surface area (Å²) >= 11 is 12.8. The van der Waals surface area contributed by atoms with E-state index in [2.05, 4.69) is 20.6 Å². The Bertz CT molecular complexity index is 1430. The number of aromatic nitrogens is 1. The maximum absolute atomic E-state index is 9.50. The van der Waals surface area contributed by atoms with E-state index in [4.69, 9.17) is 49.4 Å². The van der Waals surface area contributed by atoms with E-state index >= 15 is 0 Å². The van der Waals surface area contributed by atoms with Crippen molar-refractivity contribution >= 4 is 46.5 Å². The molecule has 1 atom stereocenters. The Morgan fingerprint density at radius 3 is 2.63 bits per heavy atom. The minimum atomic E-state index is -0.786. The summed E-state index contributed by atoms with van der Waals surface area (Å²) in [4.78, 5) is 8.77. The second kappa shape index (κ2) is 9.85. The SMILES string of the molecule is COc1cc(C2N=C(NC#N)Nc3nc(N)c(C#N)c(N)c32)cc(Cl)c1OCc1ccccc1Cl. The lowest BCUT2D eigenvalue weighted by Crippen LogP contribution is -2.32. The molecule has 3 aromatic rings. The average molecular weight is 509 g/mol. The number of aliphatic imine (C=N–C) groups is 1. The number of fused-ring (bicyclic) bond motifs is 1. The van der Waals surface area contributed by atoms with Crippen molar-refractivity contribution in [1.29, 1.82) is 10.5 Å². The normalized spacial score (nSPS) is 14.0. The van der Waals surface area contributed by atoms with Gasteiger partial charge in [-0.1, -0.05) is 41.4 Å². The molecule has 0 aliphatic carbocycles. The van der Waals surface area contributed by atoms with Crippen molar-refractivity contribution in [2.24, 2.45) is 4.99 Å². The number of nitrogens with zero attached hydrogens (tertiary/aromatic N) is 4. The molecule has 0 bridgehead atoms. The van der Waals surface area contributed by atoms with Crippen molar-refractivity contribution in [3.05, 3.63) is 68.7 Å². The lowest BCUT2D eigenvalue weighted by molar-refractivity contribution is 0.284. The van der Waals surface area contributed by atoms with Crippen LogP contribution in [0.3, 0.4) is 0 Å². The van der Waals surface area contributed by atoms with E-state index in [0.29, 0.717) is 27.6 Å². The summed E-state index contributed by atoms with van der Waals surface area (Å²) in [5.41, 5.74) is 14.1. The number of rotatable bonds is 5. The van der Waals surface area contributed by atoms with Gasteiger partial charge in [-0.2, -0.15) is 10.5 Å². The van der Waals surface area contributed by atoms with Crippen molar-refractivity contribution in [3.63, 3.8) is 0 Å². The van der Waals surface area contributed by atoms with Crippen LogP contribution in [-0.2, 0) is 6.61 Å². The zero-order valence-electron chi connectivity index (χ0n) is 18.3. The Hall–Kier alpha value is -4.38. The molecule has 10 nitrogen and oxygen atoms in total. The number of benzene rings is 2. The van der Waals surface area contributed by atoms with E-state index in [0.717, 1.165) is 5.56 Å². The number of nitriles is 2. The topological polar surface area (TPSA) is 167 Å². The predicted molar refractivity (Wildman–Crippen MR) is 133 cm³/mol.